The number of hydrogen-bond donors (Lipinski definition) is 1. The van der Waals surface area contributed by atoms with Crippen LogP contribution in [0.3, 0.4) is 0 Å². The predicted molar refractivity (Wildman–Crippen MR) is 121 cm³/mol. The fraction of sp³-hybridized carbons (Fsp3) is 0.280. The minimum Gasteiger partial charge on any atom is -0.347 e. The number of nitrogens with one attached hydrogen (secondary N) is 1. The molecule has 2 heterocycles. The molecule has 0 spiro atoms. The summed E-state index contributed by atoms with van der Waals surface area (Å²) in [7, 11) is 0. The third-order valence-electron chi connectivity index (χ3n) is 5.57. The lowest BCUT2D eigenvalue weighted by atomic mass is 10.1. The van der Waals surface area contributed by atoms with Gasteiger partial charge >= 0.3 is 0 Å². The Hall–Kier alpha value is -3.74. The van der Waals surface area contributed by atoms with Crippen molar-refractivity contribution in [2.24, 2.45) is 0 Å². The molecular weight excluding hydrogens is 404 g/mol. The van der Waals surface area contributed by atoms with Gasteiger partial charge in [-0.15, -0.1) is 0 Å². The van der Waals surface area contributed by atoms with Gasteiger partial charge in [0, 0.05) is 31.3 Å². The van der Waals surface area contributed by atoms with Gasteiger partial charge in [-0.05, 0) is 48.6 Å². The minimum absolute atomic E-state index is 0.0603. The molecule has 1 aliphatic heterocycles. The Labute approximate surface area is 186 Å². The van der Waals surface area contributed by atoms with Gasteiger partial charge in [0.05, 0.1) is 6.54 Å². The van der Waals surface area contributed by atoms with Gasteiger partial charge in [-0.25, -0.2) is 4.68 Å². The quantitative estimate of drug-likeness (QED) is 0.652. The van der Waals surface area contributed by atoms with Crippen LogP contribution in [0.25, 0.3) is 0 Å². The second-order valence-corrected chi connectivity index (χ2v) is 7.93. The summed E-state index contributed by atoms with van der Waals surface area (Å²) in [6.07, 6.45) is 3.30. The summed E-state index contributed by atoms with van der Waals surface area (Å²) >= 11 is 0. The first-order chi connectivity index (χ1) is 15.6. The van der Waals surface area contributed by atoms with Crippen molar-refractivity contribution in [1.29, 1.82) is 0 Å². The lowest BCUT2D eigenvalue weighted by Gasteiger charge is -2.26. The summed E-state index contributed by atoms with van der Waals surface area (Å²) in [5, 5.41) is 7.04. The van der Waals surface area contributed by atoms with Crippen LogP contribution in [0.2, 0.25) is 0 Å². The van der Waals surface area contributed by atoms with Crippen LogP contribution in [0, 0.1) is 0 Å². The Balaban J connectivity index is 1.36. The molecule has 164 valence electrons. The highest BCUT2D eigenvalue weighted by molar-refractivity contribution is 5.94. The third kappa shape index (κ3) is 5.29. The zero-order valence-corrected chi connectivity index (χ0v) is 17.9. The number of rotatable bonds is 6. The van der Waals surface area contributed by atoms with Crippen molar-refractivity contribution in [3.63, 3.8) is 0 Å². The second-order valence-electron chi connectivity index (χ2n) is 7.93. The largest absolute Gasteiger partial charge is 0.347 e. The minimum atomic E-state index is -0.361. The predicted octanol–water partition coefficient (Wildman–Crippen LogP) is 2.85. The van der Waals surface area contributed by atoms with E-state index < -0.39 is 0 Å². The smallest absolute Gasteiger partial charge is 0.271 e. The first kappa shape index (κ1) is 21.5. The molecule has 0 unspecified atom stereocenters. The van der Waals surface area contributed by atoms with Crippen molar-refractivity contribution in [3.8, 4) is 0 Å². The molecule has 3 aromatic rings. The van der Waals surface area contributed by atoms with Gasteiger partial charge < -0.3 is 10.2 Å². The number of carbonyl (C=O) groups is 2. The van der Waals surface area contributed by atoms with E-state index in [1.807, 2.05) is 47.4 Å². The Kier molecular flexibility index (Phi) is 6.75. The molecule has 2 amide bonds. The van der Waals surface area contributed by atoms with Crippen LogP contribution in [0.1, 0.15) is 51.2 Å². The average Bonchev–Trinajstić information content (AvgIpc) is 2.85. The molecule has 1 aliphatic rings. The Morgan fingerprint density at radius 1 is 0.844 bits per heavy atom. The molecule has 1 saturated heterocycles. The van der Waals surface area contributed by atoms with Crippen molar-refractivity contribution in [2.75, 3.05) is 13.1 Å². The van der Waals surface area contributed by atoms with Crippen LogP contribution < -0.4 is 10.9 Å². The van der Waals surface area contributed by atoms with E-state index in [0.29, 0.717) is 18.7 Å². The molecule has 2 aromatic carbocycles. The average molecular weight is 431 g/mol. The fourth-order valence-electron chi connectivity index (χ4n) is 3.76. The Bertz CT molecular complexity index is 1130. The molecule has 1 aromatic heterocycles. The molecule has 0 bridgehead atoms. The van der Waals surface area contributed by atoms with Gasteiger partial charge in [0.15, 0.2) is 0 Å². The van der Waals surface area contributed by atoms with Crippen molar-refractivity contribution < 1.29 is 9.59 Å². The number of carbonyl (C=O) groups excluding carboxylic acids is 2. The highest BCUT2D eigenvalue weighted by Crippen LogP contribution is 2.14. The molecule has 1 fully saturated rings. The molecule has 0 aliphatic carbocycles. The van der Waals surface area contributed by atoms with E-state index in [-0.39, 0.29) is 23.1 Å². The van der Waals surface area contributed by atoms with Gasteiger partial charge in [-0.3, -0.25) is 14.4 Å². The van der Waals surface area contributed by atoms with Crippen molar-refractivity contribution in [1.82, 2.24) is 20.0 Å². The topological polar surface area (TPSA) is 84.3 Å². The summed E-state index contributed by atoms with van der Waals surface area (Å²) < 4.78 is 1.28. The highest BCUT2D eigenvalue weighted by atomic mass is 16.2. The van der Waals surface area contributed by atoms with E-state index >= 15 is 0 Å². The van der Waals surface area contributed by atoms with Gasteiger partial charge in [0.1, 0.15) is 5.69 Å². The Morgan fingerprint density at radius 3 is 2.28 bits per heavy atom. The second kappa shape index (κ2) is 10.0. The number of piperidine rings is 1. The normalized spacial score (nSPS) is 13.6. The van der Waals surface area contributed by atoms with E-state index in [0.717, 1.165) is 37.1 Å². The molecule has 7 nitrogen and oxygen atoms in total. The summed E-state index contributed by atoms with van der Waals surface area (Å²) in [5.74, 6) is -0.301. The summed E-state index contributed by atoms with van der Waals surface area (Å²) in [5.41, 5.74) is 2.39. The van der Waals surface area contributed by atoms with Crippen LogP contribution in [0.5, 0.6) is 0 Å². The number of nitrogens with zero attached hydrogens (tertiary/aromatic N) is 3. The van der Waals surface area contributed by atoms with Gasteiger partial charge in [-0.1, -0.05) is 42.5 Å². The van der Waals surface area contributed by atoms with Gasteiger partial charge in [0.2, 0.25) is 0 Å². The standard InChI is InChI=1S/C25H26N4O3/c30-23-14-13-22(27-29(23)18-20-7-3-1-4-8-20)24(31)26-17-19-9-11-21(12-10-19)25(32)28-15-5-2-6-16-28/h1,3-4,7-14H,2,5-6,15-18H2,(H,26,31). The molecule has 0 atom stereocenters. The lowest BCUT2D eigenvalue weighted by molar-refractivity contribution is 0.0724. The van der Waals surface area contributed by atoms with Crippen LogP contribution in [0.15, 0.2) is 71.5 Å². The third-order valence-corrected chi connectivity index (χ3v) is 5.57. The molecule has 0 radical (unpaired) electrons. The first-order valence-electron chi connectivity index (χ1n) is 10.9. The SMILES string of the molecule is O=C(NCc1ccc(C(=O)N2CCCCC2)cc1)c1ccc(=O)n(Cc2ccccc2)n1. The lowest BCUT2D eigenvalue weighted by Crippen LogP contribution is -2.35. The zero-order chi connectivity index (χ0) is 22.3. The molecular formula is C25H26N4O3. The molecule has 0 saturated carbocycles. The molecule has 7 heteroatoms. The number of benzene rings is 2. The number of amides is 2. The number of hydrogen-bond acceptors (Lipinski definition) is 4. The maximum atomic E-state index is 12.6. The van der Waals surface area contributed by atoms with E-state index in [9.17, 15) is 14.4 Å². The van der Waals surface area contributed by atoms with Crippen molar-refractivity contribution >= 4 is 11.8 Å². The Morgan fingerprint density at radius 2 is 1.56 bits per heavy atom. The molecule has 32 heavy (non-hydrogen) atoms. The van der Waals surface area contributed by atoms with Crippen LogP contribution in [-0.4, -0.2) is 39.6 Å². The van der Waals surface area contributed by atoms with Crippen LogP contribution >= 0.6 is 0 Å². The maximum Gasteiger partial charge on any atom is 0.271 e. The number of likely N-dealkylation sites (tertiary alicyclic amines) is 1. The summed E-state index contributed by atoms with van der Waals surface area (Å²) in [6.45, 7) is 2.23. The fourth-order valence-corrected chi connectivity index (χ4v) is 3.76. The molecule has 4 rings (SSSR count). The van der Waals surface area contributed by atoms with Gasteiger partial charge in [0.25, 0.3) is 17.4 Å². The highest BCUT2D eigenvalue weighted by Gasteiger charge is 2.18. The first-order valence-corrected chi connectivity index (χ1v) is 10.9. The monoisotopic (exact) mass is 430 g/mol. The van der Waals surface area contributed by atoms with Crippen molar-refractivity contribution in [2.45, 2.75) is 32.4 Å². The summed E-state index contributed by atoms with van der Waals surface area (Å²) in [4.78, 5) is 39.2. The summed E-state index contributed by atoms with van der Waals surface area (Å²) in [6, 6.07) is 19.6. The van der Waals surface area contributed by atoms with E-state index in [2.05, 4.69) is 10.4 Å². The van der Waals surface area contributed by atoms with E-state index in [4.69, 9.17) is 0 Å². The van der Waals surface area contributed by atoms with Crippen LogP contribution in [0.4, 0.5) is 0 Å². The van der Waals surface area contributed by atoms with Crippen molar-refractivity contribution in [3.05, 3.63) is 99.5 Å². The van der Waals surface area contributed by atoms with Gasteiger partial charge in [-0.2, -0.15) is 5.10 Å². The van der Waals surface area contributed by atoms with E-state index in [1.54, 1.807) is 12.1 Å². The molecule has 1 N–H and O–H groups in total. The number of aromatic nitrogens is 2. The van der Waals surface area contributed by atoms with Crippen LogP contribution in [-0.2, 0) is 13.1 Å². The maximum absolute atomic E-state index is 12.6. The zero-order valence-electron chi connectivity index (χ0n) is 17.9. The van der Waals surface area contributed by atoms with E-state index in [1.165, 1.54) is 23.2 Å².